The quantitative estimate of drug-likeness (QED) is 0.658. The molecule has 2 heterocycles. The molecule has 2 rings (SSSR count). The Bertz CT molecular complexity index is 362. The monoisotopic (exact) mass is 212 g/mol. The summed E-state index contributed by atoms with van der Waals surface area (Å²) in [7, 11) is 0. The van der Waals surface area contributed by atoms with Crippen LogP contribution in [0, 0.1) is 0 Å². The summed E-state index contributed by atoms with van der Waals surface area (Å²) in [6.45, 7) is 2.92. The average Bonchev–Trinajstić information content (AvgIpc) is 2.59. The van der Waals surface area contributed by atoms with Crippen molar-refractivity contribution in [1.29, 1.82) is 0 Å². The summed E-state index contributed by atoms with van der Waals surface area (Å²) in [5.41, 5.74) is 1.18. The van der Waals surface area contributed by atoms with E-state index >= 15 is 0 Å². The number of fused-ring (bicyclic) bond motifs is 1. The molecule has 4 nitrogen and oxygen atoms in total. The van der Waals surface area contributed by atoms with E-state index in [1.54, 1.807) is 23.6 Å². The first kappa shape index (κ1) is 9.58. The van der Waals surface area contributed by atoms with Gasteiger partial charge < -0.3 is 9.42 Å². The molecule has 0 fully saturated rings. The van der Waals surface area contributed by atoms with Crippen LogP contribution < -0.4 is 0 Å². The zero-order chi connectivity index (χ0) is 10.1. The van der Waals surface area contributed by atoms with Crippen LogP contribution in [0.4, 0.5) is 0 Å². The third-order valence-electron chi connectivity index (χ3n) is 2.44. The maximum atomic E-state index is 11.1. The molecule has 0 unspecified atom stereocenters. The van der Waals surface area contributed by atoms with Crippen LogP contribution in [0.15, 0.2) is 9.55 Å². The fourth-order valence-electron chi connectivity index (χ4n) is 1.63. The largest absolute Gasteiger partial charge is 0.358 e. The van der Waals surface area contributed by atoms with E-state index in [0.29, 0.717) is 6.54 Å². The van der Waals surface area contributed by atoms with Crippen molar-refractivity contribution in [3.63, 3.8) is 0 Å². The van der Waals surface area contributed by atoms with Gasteiger partial charge in [-0.3, -0.25) is 4.79 Å². The molecule has 1 aromatic heterocycles. The molecule has 14 heavy (non-hydrogen) atoms. The molecule has 0 atom stereocenters. The summed E-state index contributed by atoms with van der Waals surface area (Å²) < 4.78 is 5.19. The van der Waals surface area contributed by atoms with Crippen LogP contribution in [0.2, 0.25) is 0 Å². The molecule has 1 aliphatic rings. The van der Waals surface area contributed by atoms with Crippen LogP contribution in [0.5, 0.6) is 0 Å². The second-order valence-corrected chi connectivity index (χ2v) is 4.08. The second kappa shape index (κ2) is 3.65. The Hall–Kier alpha value is -0.970. The van der Waals surface area contributed by atoms with Crippen LogP contribution in [0.3, 0.4) is 0 Å². The smallest absolute Gasteiger partial charge is 0.219 e. The summed E-state index contributed by atoms with van der Waals surface area (Å²) in [5.74, 6) is 0.938. The van der Waals surface area contributed by atoms with E-state index in [0.717, 1.165) is 23.8 Å². The first-order valence-corrected chi connectivity index (χ1v) is 5.71. The van der Waals surface area contributed by atoms with Gasteiger partial charge in [-0.05, 0) is 12.7 Å². The van der Waals surface area contributed by atoms with Gasteiger partial charge >= 0.3 is 0 Å². The minimum absolute atomic E-state index is 0.0951. The van der Waals surface area contributed by atoms with Gasteiger partial charge in [0.25, 0.3) is 0 Å². The molecule has 0 saturated heterocycles. The van der Waals surface area contributed by atoms with Crippen LogP contribution in [-0.4, -0.2) is 28.8 Å². The molecule has 0 bridgehead atoms. The lowest BCUT2D eigenvalue weighted by atomic mass is 10.1. The Kier molecular flexibility index (Phi) is 2.50. The van der Waals surface area contributed by atoms with Crippen molar-refractivity contribution in [3.05, 3.63) is 11.3 Å². The van der Waals surface area contributed by atoms with Crippen molar-refractivity contribution in [1.82, 2.24) is 10.1 Å². The minimum atomic E-state index is 0.0951. The molecule has 0 saturated carbocycles. The lowest BCUT2D eigenvalue weighted by molar-refractivity contribution is -0.130. The van der Waals surface area contributed by atoms with Gasteiger partial charge in [0.2, 0.25) is 5.91 Å². The van der Waals surface area contributed by atoms with Gasteiger partial charge in [-0.2, -0.15) is 0 Å². The zero-order valence-corrected chi connectivity index (χ0v) is 9.06. The number of rotatable bonds is 1. The van der Waals surface area contributed by atoms with Crippen molar-refractivity contribution in [2.45, 2.75) is 24.9 Å². The molecule has 0 radical (unpaired) electrons. The van der Waals surface area contributed by atoms with Crippen LogP contribution in [0.1, 0.15) is 18.2 Å². The van der Waals surface area contributed by atoms with E-state index in [2.05, 4.69) is 5.16 Å². The van der Waals surface area contributed by atoms with E-state index < -0.39 is 0 Å². The highest BCUT2D eigenvalue weighted by Crippen LogP contribution is 2.27. The SMILES string of the molecule is CSc1noc2c1CCN(C(C)=O)C2. The predicted molar refractivity (Wildman–Crippen MR) is 53.1 cm³/mol. The number of hydrogen-bond acceptors (Lipinski definition) is 4. The number of aromatic nitrogens is 1. The molecular formula is C9H12N2O2S. The molecule has 0 aliphatic carbocycles. The van der Waals surface area contributed by atoms with Gasteiger partial charge in [0.1, 0.15) is 5.03 Å². The highest BCUT2D eigenvalue weighted by Gasteiger charge is 2.24. The fourth-order valence-corrected chi connectivity index (χ4v) is 2.20. The van der Waals surface area contributed by atoms with Gasteiger partial charge in [-0.15, -0.1) is 11.8 Å². The van der Waals surface area contributed by atoms with E-state index in [4.69, 9.17) is 4.52 Å². The summed E-state index contributed by atoms with van der Waals surface area (Å²) in [4.78, 5) is 12.9. The van der Waals surface area contributed by atoms with E-state index in [9.17, 15) is 4.79 Å². The highest BCUT2D eigenvalue weighted by molar-refractivity contribution is 7.98. The number of nitrogens with zero attached hydrogens (tertiary/aromatic N) is 2. The predicted octanol–water partition coefficient (Wildman–Crippen LogP) is 1.30. The summed E-state index contributed by atoms with van der Waals surface area (Å²) in [5, 5.41) is 4.92. The molecule has 0 aromatic carbocycles. The normalized spacial score (nSPS) is 15.4. The molecule has 76 valence electrons. The Morgan fingerprint density at radius 1 is 1.64 bits per heavy atom. The summed E-state index contributed by atoms with van der Waals surface area (Å²) >= 11 is 1.59. The summed E-state index contributed by atoms with van der Waals surface area (Å²) in [6, 6.07) is 0. The van der Waals surface area contributed by atoms with Gasteiger partial charge in [-0.25, -0.2) is 0 Å². The van der Waals surface area contributed by atoms with Crippen molar-refractivity contribution in [2.24, 2.45) is 0 Å². The van der Waals surface area contributed by atoms with Crippen molar-refractivity contribution < 1.29 is 9.32 Å². The Morgan fingerprint density at radius 2 is 2.43 bits per heavy atom. The zero-order valence-electron chi connectivity index (χ0n) is 8.24. The van der Waals surface area contributed by atoms with Gasteiger partial charge in [0.05, 0.1) is 6.54 Å². The Labute approximate surface area is 86.6 Å². The molecule has 1 amide bonds. The third-order valence-corrected chi connectivity index (χ3v) is 3.15. The Morgan fingerprint density at radius 3 is 3.07 bits per heavy atom. The standard InChI is InChI=1S/C9H12N2O2S/c1-6(12)11-4-3-7-8(5-11)13-10-9(7)14-2/h3-5H2,1-2H3. The van der Waals surface area contributed by atoms with Crippen molar-refractivity contribution in [3.8, 4) is 0 Å². The molecule has 5 heteroatoms. The highest BCUT2D eigenvalue weighted by atomic mass is 32.2. The topological polar surface area (TPSA) is 46.3 Å². The summed E-state index contributed by atoms with van der Waals surface area (Å²) in [6.07, 6.45) is 2.84. The number of carbonyl (C=O) groups excluding carboxylic acids is 1. The lowest BCUT2D eigenvalue weighted by Crippen LogP contribution is -2.33. The fraction of sp³-hybridized carbons (Fsp3) is 0.556. The molecular weight excluding hydrogens is 200 g/mol. The van der Waals surface area contributed by atoms with Crippen LogP contribution >= 0.6 is 11.8 Å². The van der Waals surface area contributed by atoms with Crippen molar-refractivity contribution >= 4 is 17.7 Å². The van der Waals surface area contributed by atoms with Gasteiger partial charge in [0, 0.05) is 19.0 Å². The number of thioether (sulfide) groups is 1. The number of hydrogen-bond donors (Lipinski definition) is 0. The second-order valence-electron chi connectivity index (χ2n) is 3.28. The lowest BCUT2D eigenvalue weighted by Gasteiger charge is -2.24. The molecule has 1 aromatic rings. The van der Waals surface area contributed by atoms with Crippen LogP contribution in [0.25, 0.3) is 0 Å². The van der Waals surface area contributed by atoms with E-state index in [1.165, 1.54) is 5.56 Å². The average molecular weight is 212 g/mol. The van der Waals surface area contributed by atoms with E-state index in [-0.39, 0.29) is 5.91 Å². The van der Waals surface area contributed by atoms with Crippen molar-refractivity contribution in [2.75, 3.05) is 12.8 Å². The van der Waals surface area contributed by atoms with Gasteiger partial charge in [-0.1, -0.05) is 5.16 Å². The maximum absolute atomic E-state index is 11.1. The first-order chi connectivity index (χ1) is 6.72. The van der Waals surface area contributed by atoms with E-state index in [1.807, 2.05) is 6.26 Å². The number of amides is 1. The molecule has 0 N–H and O–H groups in total. The Balaban J connectivity index is 2.24. The minimum Gasteiger partial charge on any atom is -0.358 e. The van der Waals surface area contributed by atoms with Crippen LogP contribution in [-0.2, 0) is 17.8 Å². The molecule has 1 aliphatic heterocycles. The van der Waals surface area contributed by atoms with Gasteiger partial charge in [0.15, 0.2) is 5.76 Å². The first-order valence-electron chi connectivity index (χ1n) is 4.49. The number of carbonyl (C=O) groups is 1. The maximum Gasteiger partial charge on any atom is 0.219 e. The third kappa shape index (κ3) is 1.52. The molecule has 0 spiro atoms.